The summed E-state index contributed by atoms with van der Waals surface area (Å²) >= 11 is 0. The summed E-state index contributed by atoms with van der Waals surface area (Å²) in [5.74, 6) is 0.201. The number of aromatic nitrogens is 5. The van der Waals surface area contributed by atoms with Crippen LogP contribution < -0.4 is 16.2 Å². The van der Waals surface area contributed by atoms with Crippen LogP contribution in [0.15, 0.2) is 47.4 Å². The molecule has 0 radical (unpaired) electrons. The molecule has 4 heterocycles. The fraction of sp³-hybridized carbons (Fsp3) is 0.320. The Labute approximate surface area is 208 Å². The van der Waals surface area contributed by atoms with Crippen LogP contribution in [0.25, 0.3) is 16.9 Å². The summed E-state index contributed by atoms with van der Waals surface area (Å²) in [5, 5.41) is 15.9. The Bertz CT molecular complexity index is 1630. The zero-order valence-electron chi connectivity index (χ0n) is 19.5. The lowest BCUT2D eigenvalue weighted by Crippen LogP contribution is -2.30. The van der Waals surface area contributed by atoms with Crippen LogP contribution in [0, 0.1) is 11.3 Å². The Morgan fingerprint density at radius 3 is 2.76 bits per heavy atom. The maximum Gasteiger partial charge on any atom is 0.408 e. The molecule has 0 atom stereocenters. The van der Waals surface area contributed by atoms with E-state index >= 15 is 0 Å². The summed E-state index contributed by atoms with van der Waals surface area (Å²) in [6.45, 7) is 0.131. The fourth-order valence-corrected chi connectivity index (χ4v) is 4.68. The van der Waals surface area contributed by atoms with Gasteiger partial charge in [0.25, 0.3) is 5.56 Å². The van der Waals surface area contributed by atoms with Crippen LogP contribution in [-0.4, -0.2) is 37.0 Å². The van der Waals surface area contributed by atoms with E-state index in [0.29, 0.717) is 23.2 Å². The normalized spacial score (nSPS) is 16.3. The molecule has 0 spiro atoms. The molecule has 0 unspecified atom stereocenters. The Morgan fingerprint density at radius 2 is 2.00 bits per heavy atom. The lowest BCUT2D eigenvalue weighted by atomic mass is 10.0. The van der Waals surface area contributed by atoms with E-state index in [-0.39, 0.29) is 22.8 Å². The standard InChI is InChI=1S/C25H21F3N8O/c26-25(27,28)14-35-22(37)18-12-31-23(32-17-5-4-16-11-30-9-6-15(16)10-17)34-21(18)36(35)20-3-1-2-19(33-20)24(13-29)7-8-24/h1-5,10,12,30H,6-9,11,14H2,(H,31,32,34). The third kappa shape index (κ3) is 4.21. The summed E-state index contributed by atoms with van der Waals surface area (Å²) < 4.78 is 42.1. The van der Waals surface area contributed by atoms with Gasteiger partial charge in [0, 0.05) is 18.4 Å². The van der Waals surface area contributed by atoms with Gasteiger partial charge in [0.1, 0.15) is 11.9 Å². The number of hydrogen-bond acceptors (Lipinski definition) is 7. The minimum absolute atomic E-state index is 0.0136. The number of halogens is 3. The van der Waals surface area contributed by atoms with Gasteiger partial charge in [-0.1, -0.05) is 12.1 Å². The molecule has 1 aliphatic carbocycles. The molecular formula is C25H21F3N8O. The van der Waals surface area contributed by atoms with Crippen LogP contribution in [-0.2, 0) is 24.9 Å². The number of fused-ring (bicyclic) bond motifs is 2. The second-order valence-electron chi connectivity index (χ2n) is 9.33. The van der Waals surface area contributed by atoms with Crippen LogP contribution in [0.2, 0.25) is 0 Å². The molecule has 1 aromatic carbocycles. The Hall–Kier alpha value is -4.24. The fourth-order valence-electron chi connectivity index (χ4n) is 4.68. The maximum atomic E-state index is 13.5. The van der Waals surface area contributed by atoms with Gasteiger partial charge >= 0.3 is 6.18 Å². The highest BCUT2D eigenvalue weighted by atomic mass is 19.4. The first-order valence-electron chi connectivity index (χ1n) is 11.8. The minimum atomic E-state index is -4.66. The summed E-state index contributed by atoms with van der Waals surface area (Å²) in [7, 11) is 0. The van der Waals surface area contributed by atoms with Gasteiger partial charge in [0.05, 0.1) is 17.2 Å². The first-order chi connectivity index (χ1) is 17.8. The van der Waals surface area contributed by atoms with Crippen LogP contribution in [0.1, 0.15) is 29.7 Å². The first kappa shape index (κ1) is 23.2. The Balaban J connectivity index is 1.47. The largest absolute Gasteiger partial charge is 0.408 e. The van der Waals surface area contributed by atoms with Gasteiger partial charge in [0.15, 0.2) is 11.5 Å². The molecule has 1 fully saturated rings. The molecule has 12 heteroatoms. The highest BCUT2D eigenvalue weighted by molar-refractivity contribution is 5.77. The molecule has 9 nitrogen and oxygen atoms in total. The lowest BCUT2D eigenvalue weighted by Gasteiger charge is -2.18. The predicted octanol–water partition coefficient (Wildman–Crippen LogP) is 3.48. The van der Waals surface area contributed by atoms with Crippen molar-refractivity contribution in [3.05, 3.63) is 69.8 Å². The Kier molecular flexibility index (Phi) is 5.27. The monoisotopic (exact) mass is 506 g/mol. The number of nitrogens with zero attached hydrogens (tertiary/aromatic N) is 6. The number of hydrogen-bond donors (Lipinski definition) is 2. The minimum Gasteiger partial charge on any atom is -0.324 e. The molecule has 0 amide bonds. The molecular weight excluding hydrogens is 485 g/mol. The highest BCUT2D eigenvalue weighted by Gasteiger charge is 2.46. The van der Waals surface area contributed by atoms with Gasteiger partial charge in [0.2, 0.25) is 5.95 Å². The zero-order valence-corrected chi connectivity index (χ0v) is 19.5. The predicted molar refractivity (Wildman–Crippen MR) is 129 cm³/mol. The van der Waals surface area contributed by atoms with Crippen LogP contribution in [0.5, 0.6) is 0 Å². The Morgan fingerprint density at radius 1 is 1.16 bits per heavy atom. The molecule has 1 aliphatic heterocycles. The number of pyridine rings is 1. The van der Waals surface area contributed by atoms with E-state index in [1.807, 2.05) is 18.2 Å². The molecule has 1 saturated carbocycles. The average molecular weight is 506 g/mol. The number of anilines is 2. The van der Waals surface area contributed by atoms with E-state index in [2.05, 4.69) is 31.7 Å². The second-order valence-corrected chi connectivity index (χ2v) is 9.33. The highest BCUT2D eigenvalue weighted by Crippen LogP contribution is 2.46. The number of alkyl halides is 3. The molecule has 37 heavy (non-hydrogen) atoms. The van der Waals surface area contributed by atoms with Crippen molar-refractivity contribution < 1.29 is 13.2 Å². The lowest BCUT2D eigenvalue weighted by molar-refractivity contribution is -0.144. The van der Waals surface area contributed by atoms with E-state index in [9.17, 15) is 23.2 Å². The number of nitriles is 1. The third-order valence-corrected chi connectivity index (χ3v) is 6.76. The van der Waals surface area contributed by atoms with Crippen LogP contribution >= 0.6 is 0 Å². The molecule has 3 aromatic heterocycles. The SMILES string of the molecule is N#CC1(c2cccc(-n3c4nc(Nc5ccc6c(c5)CCNC6)ncc4c(=O)n3CC(F)(F)F)n2)CC1. The maximum absolute atomic E-state index is 13.5. The zero-order chi connectivity index (χ0) is 25.8. The van der Waals surface area contributed by atoms with Gasteiger partial charge in [-0.05, 0) is 61.2 Å². The van der Waals surface area contributed by atoms with Gasteiger partial charge in [-0.25, -0.2) is 19.3 Å². The molecule has 2 N–H and O–H groups in total. The average Bonchev–Trinajstić information content (AvgIpc) is 3.64. The molecule has 188 valence electrons. The smallest absolute Gasteiger partial charge is 0.324 e. The van der Waals surface area contributed by atoms with Crippen molar-refractivity contribution in [2.24, 2.45) is 0 Å². The van der Waals surface area contributed by atoms with Crippen molar-refractivity contribution >= 4 is 22.7 Å². The summed E-state index contributed by atoms with van der Waals surface area (Å²) in [6, 6.07) is 12.9. The van der Waals surface area contributed by atoms with Gasteiger partial charge < -0.3 is 10.6 Å². The van der Waals surface area contributed by atoms with E-state index in [0.717, 1.165) is 29.9 Å². The van der Waals surface area contributed by atoms with Gasteiger partial charge in [-0.15, -0.1) is 0 Å². The third-order valence-electron chi connectivity index (χ3n) is 6.76. The molecule has 2 aliphatic rings. The van der Waals surface area contributed by atoms with Crippen molar-refractivity contribution in [3.8, 4) is 11.9 Å². The summed E-state index contributed by atoms with van der Waals surface area (Å²) in [4.78, 5) is 26.2. The van der Waals surface area contributed by atoms with Crippen molar-refractivity contribution in [3.63, 3.8) is 0 Å². The van der Waals surface area contributed by atoms with Gasteiger partial charge in [-0.2, -0.15) is 23.4 Å². The molecule has 0 saturated heterocycles. The first-order valence-corrected chi connectivity index (χ1v) is 11.8. The number of benzene rings is 1. The quantitative estimate of drug-likeness (QED) is 0.426. The van der Waals surface area contributed by atoms with Crippen LogP contribution in [0.3, 0.4) is 0 Å². The topological polar surface area (TPSA) is 113 Å². The van der Waals surface area contributed by atoms with Crippen molar-refractivity contribution in [2.75, 3.05) is 11.9 Å². The van der Waals surface area contributed by atoms with Crippen molar-refractivity contribution in [2.45, 2.75) is 43.9 Å². The van der Waals surface area contributed by atoms with Crippen LogP contribution in [0.4, 0.5) is 24.8 Å². The molecule has 4 aromatic rings. The van der Waals surface area contributed by atoms with Crippen molar-refractivity contribution in [1.29, 1.82) is 5.26 Å². The van der Waals surface area contributed by atoms with Crippen molar-refractivity contribution in [1.82, 2.24) is 29.6 Å². The second kappa shape index (κ2) is 8.41. The van der Waals surface area contributed by atoms with E-state index in [1.54, 1.807) is 12.1 Å². The van der Waals surface area contributed by atoms with E-state index < -0.39 is 23.7 Å². The summed E-state index contributed by atoms with van der Waals surface area (Å²) in [6.07, 6.45) is -1.33. The summed E-state index contributed by atoms with van der Waals surface area (Å²) in [5.41, 5.74) is 1.92. The number of rotatable bonds is 5. The van der Waals surface area contributed by atoms with Gasteiger partial charge in [-0.3, -0.25) is 4.79 Å². The molecule has 6 rings (SSSR count). The van der Waals surface area contributed by atoms with E-state index in [1.165, 1.54) is 23.4 Å². The molecule has 0 bridgehead atoms. The van der Waals surface area contributed by atoms with E-state index in [4.69, 9.17) is 0 Å². The number of nitrogens with one attached hydrogen (secondary N) is 2.